The van der Waals surface area contributed by atoms with E-state index in [-0.39, 0.29) is 17.1 Å². The van der Waals surface area contributed by atoms with Crippen LogP contribution >= 0.6 is 0 Å². The molecular weight excluding hydrogens is 308 g/mol. The van der Waals surface area contributed by atoms with Crippen molar-refractivity contribution in [1.82, 2.24) is 0 Å². The maximum Gasteiger partial charge on any atom is 0.266 e. The predicted molar refractivity (Wildman–Crippen MR) is 89.6 cm³/mol. The first kappa shape index (κ1) is 16.9. The SMILES string of the molecule is CCOc1cccc(NC(=O)/C(C#N)=C/c2ccc(O)c(O)c2)c1. The van der Waals surface area contributed by atoms with E-state index in [1.807, 2.05) is 13.0 Å². The first-order chi connectivity index (χ1) is 11.5. The van der Waals surface area contributed by atoms with Gasteiger partial charge < -0.3 is 20.3 Å². The molecule has 6 nitrogen and oxygen atoms in total. The summed E-state index contributed by atoms with van der Waals surface area (Å²) >= 11 is 0. The number of aromatic hydroxyl groups is 2. The van der Waals surface area contributed by atoms with Crippen molar-refractivity contribution in [3.63, 3.8) is 0 Å². The van der Waals surface area contributed by atoms with Gasteiger partial charge in [0.15, 0.2) is 11.5 Å². The maximum atomic E-state index is 12.2. The summed E-state index contributed by atoms with van der Waals surface area (Å²) in [6.45, 7) is 2.36. The number of phenols is 2. The lowest BCUT2D eigenvalue weighted by molar-refractivity contribution is -0.112. The first-order valence-electron chi connectivity index (χ1n) is 7.21. The van der Waals surface area contributed by atoms with Crippen LogP contribution in [0.4, 0.5) is 5.69 Å². The van der Waals surface area contributed by atoms with Gasteiger partial charge in [0, 0.05) is 11.8 Å². The number of hydrogen-bond acceptors (Lipinski definition) is 5. The molecule has 0 aliphatic carbocycles. The second kappa shape index (κ2) is 7.70. The third-order valence-corrected chi connectivity index (χ3v) is 3.08. The number of nitrogens with one attached hydrogen (secondary N) is 1. The van der Waals surface area contributed by atoms with Gasteiger partial charge in [-0.2, -0.15) is 5.26 Å². The monoisotopic (exact) mass is 324 g/mol. The Morgan fingerprint density at radius 3 is 2.71 bits per heavy atom. The normalized spacial score (nSPS) is 10.8. The third kappa shape index (κ3) is 4.27. The highest BCUT2D eigenvalue weighted by Gasteiger charge is 2.10. The summed E-state index contributed by atoms with van der Waals surface area (Å²) in [7, 11) is 0. The molecule has 2 rings (SSSR count). The highest BCUT2D eigenvalue weighted by Crippen LogP contribution is 2.26. The van der Waals surface area contributed by atoms with E-state index in [0.717, 1.165) is 0 Å². The van der Waals surface area contributed by atoms with Crippen LogP contribution in [0.3, 0.4) is 0 Å². The van der Waals surface area contributed by atoms with Gasteiger partial charge in [0.1, 0.15) is 17.4 Å². The summed E-state index contributed by atoms with van der Waals surface area (Å²) in [5.41, 5.74) is 0.780. The Labute approximate surface area is 139 Å². The molecular formula is C18H16N2O4. The van der Waals surface area contributed by atoms with Crippen LogP contribution in [0.2, 0.25) is 0 Å². The number of rotatable bonds is 5. The quantitative estimate of drug-likeness (QED) is 0.446. The van der Waals surface area contributed by atoms with Crippen LogP contribution in [-0.2, 0) is 4.79 Å². The van der Waals surface area contributed by atoms with Gasteiger partial charge in [-0.1, -0.05) is 12.1 Å². The second-order valence-electron chi connectivity index (χ2n) is 4.83. The van der Waals surface area contributed by atoms with Gasteiger partial charge in [-0.15, -0.1) is 0 Å². The zero-order valence-electron chi connectivity index (χ0n) is 13.0. The third-order valence-electron chi connectivity index (χ3n) is 3.08. The summed E-state index contributed by atoms with van der Waals surface area (Å²) < 4.78 is 5.35. The van der Waals surface area contributed by atoms with Crippen molar-refractivity contribution < 1.29 is 19.7 Å². The van der Waals surface area contributed by atoms with Gasteiger partial charge in [0.25, 0.3) is 5.91 Å². The number of nitrogens with zero attached hydrogens (tertiary/aromatic N) is 1. The predicted octanol–water partition coefficient (Wildman–Crippen LogP) is 3.04. The van der Waals surface area contributed by atoms with E-state index >= 15 is 0 Å². The fourth-order valence-corrected chi connectivity index (χ4v) is 1.97. The Bertz CT molecular complexity index is 822. The Kier molecular flexibility index (Phi) is 5.42. The van der Waals surface area contributed by atoms with Crippen LogP contribution in [0.25, 0.3) is 6.08 Å². The van der Waals surface area contributed by atoms with Crippen molar-refractivity contribution in [3.05, 3.63) is 53.6 Å². The van der Waals surface area contributed by atoms with E-state index in [0.29, 0.717) is 23.6 Å². The van der Waals surface area contributed by atoms with Crippen molar-refractivity contribution in [2.24, 2.45) is 0 Å². The molecule has 24 heavy (non-hydrogen) atoms. The van der Waals surface area contributed by atoms with Gasteiger partial charge in [-0.25, -0.2) is 0 Å². The molecule has 2 aromatic rings. The number of ether oxygens (including phenoxy) is 1. The molecule has 0 unspecified atom stereocenters. The minimum Gasteiger partial charge on any atom is -0.504 e. The highest BCUT2D eigenvalue weighted by molar-refractivity contribution is 6.09. The van der Waals surface area contributed by atoms with Crippen LogP contribution in [0.5, 0.6) is 17.2 Å². The van der Waals surface area contributed by atoms with E-state index in [2.05, 4.69) is 5.32 Å². The standard InChI is InChI=1S/C18H16N2O4/c1-2-24-15-5-3-4-14(10-15)20-18(23)13(11-19)8-12-6-7-16(21)17(22)9-12/h3-10,21-22H,2H2,1H3,(H,20,23)/b13-8+. The van der Waals surface area contributed by atoms with E-state index in [4.69, 9.17) is 4.74 Å². The minimum absolute atomic E-state index is 0.137. The molecule has 122 valence electrons. The highest BCUT2D eigenvalue weighted by atomic mass is 16.5. The summed E-state index contributed by atoms with van der Waals surface area (Å²) in [6, 6.07) is 12.7. The molecule has 0 aliphatic heterocycles. The first-order valence-corrected chi connectivity index (χ1v) is 7.21. The number of carbonyl (C=O) groups is 1. The molecule has 6 heteroatoms. The van der Waals surface area contributed by atoms with Crippen molar-refractivity contribution in [2.75, 3.05) is 11.9 Å². The van der Waals surface area contributed by atoms with E-state index in [1.54, 1.807) is 24.3 Å². The molecule has 3 N–H and O–H groups in total. The lowest BCUT2D eigenvalue weighted by atomic mass is 10.1. The molecule has 2 aromatic carbocycles. The molecule has 0 atom stereocenters. The lowest BCUT2D eigenvalue weighted by Crippen LogP contribution is -2.13. The van der Waals surface area contributed by atoms with Gasteiger partial charge >= 0.3 is 0 Å². The van der Waals surface area contributed by atoms with Gasteiger partial charge in [-0.05, 0) is 42.8 Å². The number of carbonyl (C=O) groups excluding carboxylic acids is 1. The minimum atomic E-state index is -0.585. The fourth-order valence-electron chi connectivity index (χ4n) is 1.97. The number of nitriles is 1. The zero-order chi connectivity index (χ0) is 17.5. The molecule has 0 radical (unpaired) electrons. The summed E-state index contributed by atoms with van der Waals surface area (Å²) in [6.07, 6.45) is 1.32. The van der Waals surface area contributed by atoms with Crippen molar-refractivity contribution >= 4 is 17.7 Å². The molecule has 0 aliphatic rings. The van der Waals surface area contributed by atoms with Crippen LogP contribution in [0.1, 0.15) is 12.5 Å². The maximum absolute atomic E-state index is 12.2. The number of phenolic OH excluding ortho intramolecular Hbond substituents is 2. The smallest absolute Gasteiger partial charge is 0.266 e. The van der Waals surface area contributed by atoms with E-state index in [9.17, 15) is 20.3 Å². The number of amides is 1. The fraction of sp³-hybridized carbons (Fsp3) is 0.111. The Morgan fingerprint density at radius 1 is 1.25 bits per heavy atom. The second-order valence-corrected chi connectivity index (χ2v) is 4.83. The molecule has 0 spiro atoms. The molecule has 1 amide bonds. The van der Waals surface area contributed by atoms with Crippen LogP contribution in [0.15, 0.2) is 48.0 Å². The van der Waals surface area contributed by atoms with Crippen LogP contribution < -0.4 is 10.1 Å². The Hall–Kier alpha value is -3.46. The Morgan fingerprint density at radius 2 is 2.04 bits per heavy atom. The Balaban J connectivity index is 2.19. The summed E-state index contributed by atoms with van der Waals surface area (Å²) in [5.74, 6) is -0.575. The molecule has 0 saturated carbocycles. The average Bonchev–Trinajstić information content (AvgIpc) is 2.56. The summed E-state index contributed by atoms with van der Waals surface area (Å²) in [5, 5.41) is 30.5. The average molecular weight is 324 g/mol. The van der Waals surface area contributed by atoms with Crippen LogP contribution in [-0.4, -0.2) is 22.7 Å². The lowest BCUT2D eigenvalue weighted by Gasteiger charge is -2.07. The molecule has 0 fully saturated rings. The molecule has 0 bridgehead atoms. The van der Waals surface area contributed by atoms with Crippen molar-refractivity contribution in [3.8, 4) is 23.3 Å². The van der Waals surface area contributed by atoms with Gasteiger partial charge in [-0.3, -0.25) is 4.79 Å². The topological polar surface area (TPSA) is 103 Å². The molecule has 0 aromatic heterocycles. The molecule has 0 saturated heterocycles. The zero-order valence-corrected chi connectivity index (χ0v) is 13.0. The van der Waals surface area contributed by atoms with Crippen molar-refractivity contribution in [1.29, 1.82) is 5.26 Å². The van der Waals surface area contributed by atoms with Gasteiger partial charge in [0.2, 0.25) is 0 Å². The van der Waals surface area contributed by atoms with Crippen molar-refractivity contribution in [2.45, 2.75) is 6.92 Å². The number of hydrogen-bond donors (Lipinski definition) is 3. The largest absolute Gasteiger partial charge is 0.504 e. The number of benzene rings is 2. The van der Waals surface area contributed by atoms with Crippen LogP contribution in [0, 0.1) is 11.3 Å². The summed E-state index contributed by atoms with van der Waals surface area (Å²) in [4.78, 5) is 12.2. The van der Waals surface area contributed by atoms with E-state index in [1.165, 1.54) is 24.3 Å². The number of anilines is 1. The molecule has 0 heterocycles. The van der Waals surface area contributed by atoms with Gasteiger partial charge in [0.05, 0.1) is 6.61 Å². The van der Waals surface area contributed by atoms with E-state index < -0.39 is 5.91 Å².